The minimum absolute atomic E-state index is 0.446. The van der Waals surface area contributed by atoms with Crippen molar-refractivity contribution < 1.29 is 14.6 Å². The van der Waals surface area contributed by atoms with E-state index in [9.17, 15) is 5.11 Å². The quantitative estimate of drug-likeness (QED) is 0.793. The van der Waals surface area contributed by atoms with Gasteiger partial charge in [-0.3, -0.25) is 0 Å². The van der Waals surface area contributed by atoms with Crippen LogP contribution in [0.2, 0.25) is 0 Å². The fraction of sp³-hybridized carbons (Fsp3) is 0.429. The molecule has 0 aliphatic heterocycles. The molecular formula is C14H18N2O3S. The molecule has 0 bridgehead atoms. The van der Waals surface area contributed by atoms with Crippen LogP contribution in [-0.2, 0) is 11.2 Å². The number of methoxy groups -OCH3 is 1. The highest BCUT2D eigenvalue weighted by Gasteiger charge is 2.21. The number of aryl methyl sites for hydroxylation is 1. The van der Waals surface area contributed by atoms with Crippen LogP contribution in [0, 0.1) is 0 Å². The standard InChI is InChI=1S/C14H18N2O3S/c1-3-11-14(20-16-15-11)13(17)10-6-4-5-7-12(10)19-9-8-18-2/h4-7,13,17H,3,8-9H2,1-2H3. The number of ether oxygens (including phenoxy) is 2. The molecular weight excluding hydrogens is 276 g/mol. The van der Waals surface area contributed by atoms with Gasteiger partial charge in [-0.15, -0.1) is 5.10 Å². The van der Waals surface area contributed by atoms with Crippen molar-refractivity contribution in [2.24, 2.45) is 0 Å². The number of para-hydroxylation sites is 1. The zero-order chi connectivity index (χ0) is 14.4. The van der Waals surface area contributed by atoms with Gasteiger partial charge in [0.25, 0.3) is 0 Å². The first-order chi connectivity index (χ1) is 9.77. The molecule has 0 saturated carbocycles. The van der Waals surface area contributed by atoms with Crippen molar-refractivity contribution in [2.45, 2.75) is 19.4 Å². The van der Waals surface area contributed by atoms with Gasteiger partial charge in [-0.25, -0.2) is 0 Å². The first-order valence-electron chi connectivity index (χ1n) is 6.47. The van der Waals surface area contributed by atoms with E-state index in [2.05, 4.69) is 9.59 Å². The molecule has 1 heterocycles. The number of benzene rings is 1. The molecule has 1 N–H and O–H groups in total. The van der Waals surface area contributed by atoms with Crippen molar-refractivity contribution in [1.29, 1.82) is 0 Å². The summed E-state index contributed by atoms with van der Waals surface area (Å²) < 4.78 is 14.5. The SMILES string of the molecule is CCc1nnsc1C(O)c1ccccc1OCCOC. The van der Waals surface area contributed by atoms with E-state index < -0.39 is 6.10 Å². The fourth-order valence-corrected chi connectivity index (χ4v) is 2.63. The van der Waals surface area contributed by atoms with E-state index in [0.29, 0.717) is 19.0 Å². The van der Waals surface area contributed by atoms with Crippen molar-refractivity contribution in [3.8, 4) is 5.75 Å². The minimum atomic E-state index is -0.760. The maximum atomic E-state index is 10.5. The zero-order valence-corrected chi connectivity index (χ0v) is 12.4. The lowest BCUT2D eigenvalue weighted by Crippen LogP contribution is -2.08. The van der Waals surface area contributed by atoms with E-state index in [4.69, 9.17) is 9.47 Å². The largest absolute Gasteiger partial charge is 0.491 e. The van der Waals surface area contributed by atoms with Gasteiger partial charge in [0.2, 0.25) is 0 Å². The van der Waals surface area contributed by atoms with Crippen LogP contribution in [0.1, 0.15) is 29.2 Å². The Bertz CT molecular complexity index is 545. The highest BCUT2D eigenvalue weighted by Crippen LogP contribution is 2.32. The van der Waals surface area contributed by atoms with Crippen molar-refractivity contribution in [2.75, 3.05) is 20.3 Å². The highest BCUT2D eigenvalue weighted by atomic mass is 32.1. The average Bonchev–Trinajstić information content (AvgIpc) is 2.96. The molecule has 1 aromatic heterocycles. The van der Waals surface area contributed by atoms with Gasteiger partial charge in [0.1, 0.15) is 18.5 Å². The van der Waals surface area contributed by atoms with Crippen LogP contribution in [0.3, 0.4) is 0 Å². The maximum Gasteiger partial charge on any atom is 0.125 e. The summed E-state index contributed by atoms with van der Waals surface area (Å²) in [5.74, 6) is 0.660. The van der Waals surface area contributed by atoms with Gasteiger partial charge in [0.05, 0.1) is 17.2 Å². The lowest BCUT2D eigenvalue weighted by molar-refractivity contribution is 0.142. The van der Waals surface area contributed by atoms with E-state index in [-0.39, 0.29) is 0 Å². The Kier molecular flexibility index (Phi) is 5.46. The molecule has 1 atom stereocenters. The van der Waals surface area contributed by atoms with Gasteiger partial charge in [0.15, 0.2) is 0 Å². The molecule has 0 spiro atoms. The van der Waals surface area contributed by atoms with Crippen LogP contribution in [0.25, 0.3) is 0 Å². The van der Waals surface area contributed by atoms with Gasteiger partial charge in [-0.1, -0.05) is 29.6 Å². The molecule has 0 fully saturated rings. The first kappa shape index (κ1) is 14.9. The Balaban J connectivity index is 2.23. The summed E-state index contributed by atoms with van der Waals surface area (Å²) >= 11 is 1.22. The predicted molar refractivity (Wildman–Crippen MR) is 77.2 cm³/mol. The van der Waals surface area contributed by atoms with Gasteiger partial charge in [-0.05, 0) is 24.0 Å². The van der Waals surface area contributed by atoms with Crippen LogP contribution in [0.4, 0.5) is 0 Å². The smallest absolute Gasteiger partial charge is 0.125 e. The van der Waals surface area contributed by atoms with Gasteiger partial charge in [-0.2, -0.15) is 0 Å². The van der Waals surface area contributed by atoms with E-state index in [1.807, 2.05) is 31.2 Å². The van der Waals surface area contributed by atoms with Crippen LogP contribution in [0.5, 0.6) is 5.75 Å². The first-order valence-corrected chi connectivity index (χ1v) is 7.25. The molecule has 20 heavy (non-hydrogen) atoms. The zero-order valence-electron chi connectivity index (χ0n) is 11.6. The maximum absolute atomic E-state index is 10.5. The fourth-order valence-electron chi connectivity index (χ4n) is 1.88. The summed E-state index contributed by atoms with van der Waals surface area (Å²) in [7, 11) is 1.63. The van der Waals surface area contributed by atoms with Crippen LogP contribution in [0.15, 0.2) is 24.3 Å². The lowest BCUT2D eigenvalue weighted by Gasteiger charge is -2.15. The Morgan fingerprint density at radius 2 is 2.10 bits per heavy atom. The minimum Gasteiger partial charge on any atom is -0.491 e. The van der Waals surface area contributed by atoms with Crippen molar-refractivity contribution in [3.63, 3.8) is 0 Å². The Hall–Kier alpha value is -1.50. The number of aliphatic hydroxyl groups is 1. The Morgan fingerprint density at radius 3 is 2.85 bits per heavy atom. The number of hydrogen-bond donors (Lipinski definition) is 1. The molecule has 2 aromatic rings. The second-order valence-electron chi connectivity index (χ2n) is 4.22. The molecule has 5 nitrogen and oxygen atoms in total. The molecule has 1 aromatic carbocycles. The number of rotatable bonds is 7. The third-order valence-electron chi connectivity index (χ3n) is 2.93. The molecule has 0 aliphatic rings. The summed E-state index contributed by atoms with van der Waals surface area (Å²) in [5, 5.41) is 14.6. The second kappa shape index (κ2) is 7.33. The second-order valence-corrected chi connectivity index (χ2v) is 5.00. The topological polar surface area (TPSA) is 64.5 Å². The van der Waals surface area contributed by atoms with Gasteiger partial charge in [0, 0.05) is 12.7 Å². The molecule has 1 unspecified atom stereocenters. The molecule has 108 valence electrons. The lowest BCUT2D eigenvalue weighted by atomic mass is 10.1. The van der Waals surface area contributed by atoms with Crippen molar-refractivity contribution in [1.82, 2.24) is 9.59 Å². The van der Waals surface area contributed by atoms with Gasteiger partial charge < -0.3 is 14.6 Å². The molecule has 6 heteroatoms. The van der Waals surface area contributed by atoms with Crippen LogP contribution < -0.4 is 4.74 Å². The molecule has 0 amide bonds. The van der Waals surface area contributed by atoms with Crippen molar-refractivity contribution in [3.05, 3.63) is 40.4 Å². The summed E-state index contributed by atoms with van der Waals surface area (Å²) in [6, 6.07) is 7.45. The summed E-state index contributed by atoms with van der Waals surface area (Å²) in [5.41, 5.74) is 1.55. The number of hydrogen-bond acceptors (Lipinski definition) is 6. The van der Waals surface area contributed by atoms with E-state index in [1.165, 1.54) is 11.5 Å². The van der Waals surface area contributed by atoms with Gasteiger partial charge >= 0.3 is 0 Å². The third kappa shape index (κ3) is 3.33. The van der Waals surface area contributed by atoms with Crippen molar-refractivity contribution >= 4 is 11.5 Å². The van der Waals surface area contributed by atoms with Crippen LogP contribution in [-0.4, -0.2) is 35.0 Å². The molecule has 0 saturated heterocycles. The molecule has 2 rings (SSSR count). The highest BCUT2D eigenvalue weighted by molar-refractivity contribution is 7.05. The van der Waals surface area contributed by atoms with E-state index >= 15 is 0 Å². The number of aliphatic hydroxyl groups excluding tert-OH is 1. The number of aromatic nitrogens is 2. The normalized spacial score (nSPS) is 12.3. The Labute approximate surface area is 122 Å². The molecule has 0 aliphatic carbocycles. The Morgan fingerprint density at radius 1 is 1.30 bits per heavy atom. The predicted octanol–water partition coefficient (Wildman–Crippen LogP) is 2.21. The van der Waals surface area contributed by atoms with E-state index in [0.717, 1.165) is 22.6 Å². The average molecular weight is 294 g/mol. The van der Waals surface area contributed by atoms with E-state index in [1.54, 1.807) is 7.11 Å². The molecule has 0 radical (unpaired) electrons. The third-order valence-corrected chi connectivity index (χ3v) is 3.75. The monoisotopic (exact) mass is 294 g/mol. The summed E-state index contributed by atoms with van der Waals surface area (Å²) in [4.78, 5) is 0.773. The number of nitrogens with zero attached hydrogens (tertiary/aromatic N) is 2. The summed E-state index contributed by atoms with van der Waals surface area (Å²) in [6.07, 6.45) is -0.0148. The summed E-state index contributed by atoms with van der Waals surface area (Å²) in [6.45, 7) is 2.95. The van der Waals surface area contributed by atoms with Crippen LogP contribution >= 0.6 is 11.5 Å².